The summed E-state index contributed by atoms with van der Waals surface area (Å²) in [6.07, 6.45) is 4.42. The molecule has 1 aromatic carbocycles. The first-order chi connectivity index (χ1) is 12.1. The smallest absolute Gasteiger partial charge is 0.317 e. The fourth-order valence-corrected chi connectivity index (χ4v) is 4.42. The van der Waals surface area contributed by atoms with Gasteiger partial charge >= 0.3 is 6.03 Å². The lowest BCUT2D eigenvalue weighted by Gasteiger charge is -2.38. The van der Waals surface area contributed by atoms with Gasteiger partial charge < -0.3 is 24.6 Å². The molecule has 2 fully saturated rings. The number of benzene rings is 1. The summed E-state index contributed by atoms with van der Waals surface area (Å²) in [5, 5.41) is 3.08. The lowest BCUT2D eigenvalue weighted by molar-refractivity contribution is 0.115. The van der Waals surface area contributed by atoms with Gasteiger partial charge in [-0.3, -0.25) is 0 Å². The van der Waals surface area contributed by atoms with Gasteiger partial charge in [0.05, 0.1) is 0 Å². The summed E-state index contributed by atoms with van der Waals surface area (Å²) in [7, 11) is 2.19. The number of nitrogens with one attached hydrogen (secondary N) is 1. The molecule has 6 nitrogen and oxygen atoms in total. The average molecular weight is 345 g/mol. The number of amides is 2. The van der Waals surface area contributed by atoms with Gasteiger partial charge in [-0.25, -0.2) is 4.79 Å². The Morgan fingerprint density at radius 1 is 1.20 bits per heavy atom. The first-order valence-electron chi connectivity index (χ1n) is 9.23. The molecule has 1 aromatic rings. The molecule has 3 aliphatic heterocycles. The normalized spacial score (nSPS) is 25.6. The van der Waals surface area contributed by atoms with Crippen LogP contribution >= 0.6 is 0 Å². The van der Waals surface area contributed by atoms with Crippen LogP contribution in [0, 0.1) is 5.41 Å². The number of likely N-dealkylation sites (tertiary alicyclic amines) is 2. The standard InChI is InChI=1S/C19H27N3O3/c1-21-9-2-6-19(12-21)7-10-22(13-19)18(23)20-8-5-15-3-4-16-17(11-15)25-14-24-16/h3-4,11H,2,5-10,12-14H2,1H3,(H,20,23). The number of piperidine rings is 1. The van der Waals surface area contributed by atoms with Gasteiger partial charge in [-0.05, 0) is 57.0 Å². The van der Waals surface area contributed by atoms with Crippen LogP contribution in [-0.2, 0) is 6.42 Å². The number of ether oxygens (including phenoxy) is 2. The largest absolute Gasteiger partial charge is 0.454 e. The summed E-state index contributed by atoms with van der Waals surface area (Å²) in [5.74, 6) is 1.60. The van der Waals surface area contributed by atoms with Gasteiger partial charge in [-0.1, -0.05) is 6.07 Å². The number of fused-ring (bicyclic) bond motifs is 1. The molecule has 0 aliphatic carbocycles. The molecule has 0 bridgehead atoms. The molecule has 2 amide bonds. The number of hydrogen-bond donors (Lipinski definition) is 1. The van der Waals surface area contributed by atoms with Gasteiger partial charge in [0.25, 0.3) is 0 Å². The topological polar surface area (TPSA) is 54.0 Å². The van der Waals surface area contributed by atoms with Crippen molar-refractivity contribution in [3.05, 3.63) is 23.8 Å². The zero-order valence-electron chi connectivity index (χ0n) is 14.9. The lowest BCUT2D eigenvalue weighted by atomic mass is 9.79. The van der Waals surface area contributed by atoms with Gasteiger partial charge in [0.1, 0.15) is 0 Å². The summed E-state index contributed by atoms with van der Waals surface area (Å²) in [5.41, 5.74) is 1.47. The molecular weight excluding hydrogens is 318 g/mol. The molecule has 1 atom stereocenters. The highest BCUT2D eigenvalue weighted by atomic mass is 16.7. The molecule has 6 heteroatoms. The average Bonchev–Trinajstić information content (AvgIpc) is 3.21. The van der Waals surface area contributed by atoms with Crippen molar-refractivity contribution in [3.63, 3.8) is 0 Å². The number of carbonyl (C=O) groups excluding carboxylic acids is 1. The fourth-order valence-electron chi connectivity index (χ4n) is 4.42. The van der Waals surface area contributed by atoms with Crippen molar-refractivity contribution in [1.29, 1.82) is 0 Å². The number of rotatable bonds is 3. The quantitative estimate of drug-likeness (QED) is 0.911. The predicted octanol–water partition coefficient (Wildman–Crippen LogP) is 2.09. The molecule has 3 heterocycles. The van der Waals surface area contributed by atoms with Crippen molar-refractivity contribution in [3.8, 4) is 11.5 Å². The van der Waals surface area contributed by atoms with Crippen molar-refractivity contribution in [2.45, 2.75) is 25.7 Å². The molecule has 136 valence electrons. The minimum absolute atomic E-state index is 0.0749. The van der Waals surface area contributed by atoms with Crippen molar-refractivity contribution < 1.29 is 14.3 Å². The van der Waals surface area contributed by atoms with E-state index in [4.69, 9.17) is 9.47 Å². The lowest BCUT2D eigenvalue weighted by Crippen LogP contribution is -2.45. The number of urea groups is 1. The SMILES string of the molecule is CN1CCCC2(CCN(C(=O)NCCc3ccc4c(c3)OCO4)C2)C1. The Labute approximate surface area is 149 Å². The number of carbonyl (C=O) groups is 1. The summed E-state index contributed by atoms with van der Waals surface area (Å²) in [6, 6.07) is 6.04. The summed E-state index contributed by atoms with van der Waals surface area (Å²) in [6.45, 7) is 5.01. The summed E-state index contributed by atoms with van der Waals surface area (Å²) < 4.78 is 10.7. The minimum Gasteiger partial charge on any atom is -0.454 e. The molecule has 0 saturated carbocycles. The zero-order valence-corrected chi connectivity index (χ0v) is 14.9. The third kappa shape index (κ3) is 3.54. The van der Waals surface area contributed by atoms with Crippen molar-refractivity contribution in [1.82, 2.24) is 15.1 Å². The highest BCUT2D eigenvalue weighted by Crippen LogP contribution is 2.38. The molecule has 3 aliphatic rings. The monoisotopic (exact) mass is 345 g/mol. The maximum absolute atomic E-state index is 12.5. The second-order valence-corrected chi connectivity index (χ2v) is 7.68. The van der Waals surface area contributed by atoms with E-state index in [-0.39, 0.29) is 6.03 Å². The molecule has 0 radical (unpaired) electrons. The van der Waals surface area contributed by atoms with E-state index in [0.717, 1.165) is 49.5 Å². The second-order valence-electron chi connectivity index (χ2n) is 7.68. The highest BCUT2D eigenvalue weighted by Gasteiger charge is 2.41. The minimum atomic E-state index is 0.0749. The van der Waals surface area contributed by atoms with Crippen LogP contribution in [0.3, 0.4) is 0 Å². The molecule has 1 N–H and O–H groups in total. The maximum atomic E-state index is 12.5. The van der Waals surface area contributed by atoms with Gasteiger partial charge in [0.15, 0.2) is 11.5 Å². The van der Waals surface area contributed by atoms with E-state index in [2.05, 4.69) is 17.3 Å². The third-order valence-electron chi connectivity index (χ3n) is 5.70. The zero-order chi connectivity index (χ0) is 17.3. The van der Waals surface area contributed by atoms with Gasteiger partial charge in [0.2, 0.25) is 6.79 Å². The number of hydrogen-bond acceptors (Lipinski definition) is 4. The Morgan fingerprint density at radius 2 is 2.08 bits per heavy atom. The van der Waals surface area contributed by atoms with Crippen LogP contribution in [-0.4, -0.2) is 62.4 Å². The van der Waals surface area contributed by atoms with E-state index in [0.29, 0.717) is 18.8 Å². The van der Waals surface area contributed by atoms with E-state index < -0.39 is 0 Å². The summed E-state index contributed by atoms with van der Waals surface area (Å²) in [4.78, 5) is 16.9. The van der Waals surface area contributed by atoms with Crippen LogP contribution in [0.4, 0.5) is 4.79 Å². The van der Waals surface area contributed by atoms with Gasteiger partial charge in [0, 0.05) is 31.6 Å². The van der Waals surface area contributed by atoms with Crippen LogP contribution < -0.4 is 14.8 Å². The van der Waals surface area contributed by atoms with E-state index in [1.807, 2.05) is 23.1 Å². The second kappa shape index (κ2) is 6.75. The molecule has 25 heavy (non-hydrogen) atoms. The highest BCUT2D eigenvalue weighted by molar-refractivity contribution is 5.74. The predicted molar refractivity (Wildman–Crippen MR) is 95.0 cm³/mol. The Balaban J connectivity index is 1.25. The Bertz CT molecular complexity index is 651. The fraction of sp³-hybridized carbons (Fsp3) is 0.632. The van der Waals surface area contributed by atoms with Gasteiger partial charge in [-0.2, -0.15) is 0 Å². The molecular formula is C19H27N3O3. The van der Waals surface area contributed by atoms with Crippen LogP contribution in [0.5, 0.6) is 11.5 Å². The van der Waals surface area contributed by atoms with Crippen LogP contribution in [0.2, 0.25) is 0 Å². The summed E-state index contributed by atoms with van der Waals surface area (Å²) >= 11 is 0. The Hall–Kier alpha value is -1.95. The Morgan fingerprint density at radius 3 is 2.96 bits per heavy atom. The Kier molecular flexibility index (Phi) is 4.46. The van der Waals surface area contributed by atoms with E-state index in [1.54, 1.807) is 0 Å². The first-order valence-corrected chi connectivity index (χ1v) is 9.23. The van der Waals surface area contributed by atoms with Crippen molar-refractivity contribution in [2.75, 3.05) is 46.6 Å². The first kappa shape index (κ1) is 16.5. The van der Waals surface area contributed by atoms with Crippen LogP contribution in [0.15, 0.2) is 18.2 Å². The number of nitrogens with zero attached hydrogens (tertiary/aromatic N) is 2. The van der Waals surface area contributed by atoms with E-state index >= 15 is 0 Å². The van der Waals surface area contributed by atoms with E-state index in [1.165, 1.54) is 19.4 Å². The molecule has 2 saturated heterocycles. The molecule has 1 unspecified atom stereocenters. The van der Waals surface area contributed by atoms with Crippen LogP contribution in [0.1, 0.15) is 24.8 Å². The molecule has 4 rings (SSSR count). The van der Waals surface area contributed by atoms with Crippen molar-refractivity contribution >= 4 is 6.03 Å². The van der Waals surface area contributed by atoms with Crippen LogP contribution in [0.25, 0.3) is 0 Å². The molecule has 1 spiro atoms. The van der Waals surface area contributed by atoms with Crippen molar-refractivity contribution in [2.24, 2.45) is 5.41 Å². The molecule has 0 aromatic heterocycles. The third-order valence-corrected chi connectivity index (χ3v) is 5.70. The maximum Gasteiger partial charge on any atom is 0.317 e. The van der Waals surface area contributed by atoms with E-state index in [9.17, 15) is 4.79 Å². The van der Waals surface area contributed by atoms with Gasteiger partial charge in [-0.15, -0.1) is 0 Å².